The van der Waals surface area contributed by atoms with Crippen molar-refractivity contribution in [3.05, 3.63) is 48.4 Å². The van der Waals surface area contributed by atoms with Gasteiger partial charge in [-0.25, -0.2) is 0 Å². The summed E-state index contributed by atoms with van der Waals surface area (Å²) in [7, 11) is 3.41. The third-order valence-electron chi connectivity index (χ3n) is 3.18. The number of carbonyl (C=O) groups is 1. The number of furan rings is 1. The van der Waals surface area contributed by atoms with Gasteiger partial charge in [0.15, 0.2) is 0 Å². The number of carbonyl (C=O) groups excluding carboxylic acids is 1. The zero-order chi connectivity index (χ0) is 16.5. The van der Waals surface area contributed by atoms with Gasteiger partial charge in [-0.2, -0.15) is 0 Å². The first-order valence-corrected chi connectivity index (χ1v) is 8.45. The lowest BCUT2D eigenvalue weighted by molar-refractivity contribution is -0.127. The summed E-state index contributed by atoms with van der Waals surface area (Å²) in [4.78, 5) is 13.6. The van der Waals surface area contributed by atoms with Crippen LogP contribution in [0.25, 0.3) is 0 Å². The highest BCUT2D eigenvalue weighted by molar-refractivity contribution is 7.99. The number of rotatable bonds is 9. The average molecular weight is 335 g/mol. The number of amides is 1. The Hall–Kier alpha value is -2.08. The molecule has 0 saturated carbocycles. The Bertz CT molecular complexity index is 583. The van der Waals surface area contributed by atoms with E-state index in [1.165, 1.54) is 0 Å². The quantitative estimate of drug-likeness (QED) is 0.659. The zero-order valence-corrected chi connectivity index (χ0v) is 14.2. The minimum atomic E-state index is 0.0795. The number of benzene rings is 1. The summed E-state index contributed by atoms with van der Waals surface area (Å²) < 4.78 is 15.9. The third kappa shape index (κ3) is 5.90. The van der Waals surface area contributed by atoms with Crippen LogP contribution in [0.3, 0.4) is 0 Å². The van der Waals surface area contributed by atoms with Crippen LogP contribution in [0.2, 0.25) is 0 Å². The molecule has 0 fully saturated rings. The summed E-state index contributed by atoms with van der Waals surface area (Å²) in [5, 5.41) is 0. The Labute approximate surface area is 140 Å². The van der Waals surface area contributed by atoms with Crippen LogP contribution < -0.4 is 9.47 Å². The first kappa shape index (κ1) is 17.3. The molecule has 0 bridgehead atoms. The molecule has 1 aromatic heterocycles. The van der Waals surface area contributed by atoms with E-state index in [9.17, 15) is 4.79 Å². The molecule has 0 unspecified atom stereocenters. The first-order chi connectivity index (χ1) is 11.2. The predicted molar refractivity (Wildman–Crippen MR) is 91.0 cm³/mol. The summed E-state index contributed by atoms with van der Waals surface area (Å²) in [5.74, 6) is 3.66. The molecule has 0 aliphatic carbocycles. The van der Waals surface area contributed by atoms with E-state index < -0.39 is 0 Å². The molecule has 5 nitrogen and oxygen atoms in total. The normalized spacial score (nSPS) is 10.3. The topological polar surface area (TPSA) is 51.9 Å². The lowest BCUT2D eigenvalue weighted by Gasteiger charge is -2.15. The second kappa shape index (κ2) is 9.15. The molecule has 23 heavy (non-hydrogen) atoms. The molecule has 0 aliphatic heterocycles. The van der Waals surface area contributed by atoms with Gasteiger partial charge in [-0.05, 0) is 36.4 Å². The van der Waals surface area contributed by atoms with Crippen molar-refractivity contribution in [2.45, 2.75) is 6.54 Å². The van der Waals surface area contributed by atoms with Crippen molar-refractivity contribution < 1.29 is 18.7 Å². The van der Waals surface area contributed by atoms with Gasteiger partial charge in [-0.3, -0.25) is 4.79 Å². The van der Waals surface area contributed by atoms with Crippen LogP contribution in [0, 0.1) is 0 Å². The van der Waals surface area contributed by atoms with Crippen LogP contribution in [-0.4, -0.2) is 43.1 Å². The average Bonchev–Trinajstić information content (AvgIpc) is 3.07. The van der Waals surface area contributed by atoms with Crippen LogP contribution in [0.4, 0.5) is 0 Å². The maximum Gasteiger partial charge on any atom is 0.232 e. The van der Waals surface area contributed by atoms with Crippen LogP contribution in [0.5, 0.6) is 11.5 Å². The number of methoxy groups -OCH3 is 1. The molecular weight excluding hydrogens is 314 g/mol. The van der Waals surface area contributed by atoms with Crippen molar-refractivity contribution in [2.75, 3.05) is 32.3 Å². The number of hydrogen-bond donors (Lipinski definition) is 0. The molecule has 2 aromatic rings. The molecule has 124 valence electrons. The summed E-state index contributed by atoms with van der Waals surface area (Å²) in [6, 6.07) is 11.1. The second-order valence-electron chi connectivity index (χ2n) is 4.91. The monoisotopic (exact) mass is 335 g/mol. The van der Waals surface area contributed by atoms with E-state index in [0.717, 1.165) is 23.0 Å². The molecule has 0 saturated heterocycles. The van der Waals surface area contributed by atoms with Gasteiger partial charge >= 0.3 is 0 Å². The van der Waals surface area contributed by atoms with Gasteiger partial charge in [0.2, 0.25) is 5.91 Å². The smallest absolute Gasteiger partial charge is 0.232 e. The van der Waals surface area contributed by atoms with E-state index in [2.05, 4.69) is 0 Å². The highest BCUT2D eigenvalue weighted by Crippen LogP contribution is 2.17. The summed E-state index contributed by atoms with van der Waals surface area (Å²) in [6.45, 7) is 1.06. The molecule has 1 amide bonds. The van der Waals surface area contributed by atoms with Crippen molar-refractivity contribution in [3.8, 4) is 11.5 Å². The van der Waals surface area contributed by atoms with Crippen LogP contribution in [0.15, 0.2) is 47.1 Å². The van der Waals surface area contributed by atoms with E-state index in [4.69, 9.17) is 13.9 Å². The molecule has 0 N–H and O–H groups in total. The maximum absolute atomic E-state index is 12.0. The van der Waals surface area contributed by atoms with Crippen molar-refractivity contribution in [1.29, 1.82) is 0 Å². The summed E-state index contributed by atoms with van der Waals surface area (Å²) in [5.41, 5.74) is 0. The zero-order valence-electron chi connectivity index (χ0n) is 13.4. The largest absolute Gasteiger partial charge is 0.497 e. The van der Waals surface area contributed by atoms with E-state index in [1.54, 1.807) is 37.1 Å². The van der Waals surface area contributed by atoms with E-state index in [1.807, 2.05) is 36.4 Å². The van der Waals surface area contributed by atoms with Crippen molar-refractivity contribution in [3.63, 3.8) is 0 Å². The minimum absolute atomic E-state index is 0.0795. The molecule has 0 aliphatic rings. The lowest BCUT2D eigenvalue weighted by atomic mass is 10.3. The third-order valence-corrected chi connectivity index (χ3v) is 4.09. The Morgan fingerprint density at radius 3 is 2.61 bits per heavy atom. The predicted octanol–water partition coefficient (Wildman–Crippen LogP) is 3.06. The Balaban J connectivity index is 1.59. The van der Waals surface area contributed by atoms with Gasteiger partial charge in [-0.15, -0.1) is 11.8 Å². The molecular formula is C17H21NO4S. The number of hydrogen-bond acceptors (Lipinski definition) is 5. The van der Waals surface area contributed by atoms with Gasteiger partial charge in [0, 0.05) is 12.8 Å². The lowest BCUT2D eigenvalue weighted by Crippen LogP contribution is -2.27. The van der Waals surface area contributed by atoms with E-state index in [0.29, 0.717) is 18.9 Å². The fourth-order valence-electron chi connectivity index (χ4n) is 1.88. The summed E-state index contributed by atoms with van der Waals surface area (Å²) in [6.07, 6.45) is 1.61. The van der Waals surface area contributed by atoms with Gasteiger partial charge in [0.1, 0.15) is 17.3 Å². The second-order valence-corrected chi connectivity index (χ2v) is 6.01. The number of ether oxygens (including phenoxy) is 2. The Morgan fingerprint density at radius 2 is 1.96 bits per heavy atom. The summed E-state index contributed by atoms with van der Waals surface area (Å²) >= 11 is 1.56. The Morgan fingerprint density at radius 1 is 1.22 bits per heavy atom. The van der Waals surface area contributed by atoms with Crippen molar-refractivity contribution >= 4 is 17.7 Å². The first-order valence-electron chi connectivity index (χ1n) is 7.30. The molecule has 1 aromatic carbocycles. The molecule has 0 spiro atoms. The van der Waals surface area contributed by atoms with Gasteiger partial charge in [0.25, 0.3) is 0 Å². The van der Waals surface area contributed by atoms with Crippen LogP contribution in [-0.2, 0) is 11.3 Å². The van der Waals surface area contributed by atoms with Crippen molar-refractivity contribution in [2.24, 2.45) is 0 Å². The fourth-order valence-corrected chi connectivity index (χ4v) is 2.63. The van der Waals surface area contributed by atoms with Crippen LogP contribution >= 0.6 is 11.8 Å². The van der Waals surface area contributed by atoms with Crippen LogP contribution in [0.1, 0.15) is 5.76 Å². The fraction of sp³-hybridized carbons (Fsp3) is 0.353. The highest BCUT2D eigenvalue weighted by atomic mass is 32.2. The molecule has 0 radical (unpaired) electrons. The molecule has 2 rings (SSSR count). The van der Waals surface area contributed by atoms with Gasteiger partial charge in [-0.1, -0.05) is 0 Å². The minimum Gasteiger partial charge on any atom is -0.497 e. The van der Waals surface area contributed by atoms with Gasteiger partial charge < -0.3 is 18.8 Å². The van der Waals surface area contributed by atoms with E-state index >= 15 is 0 Å². The van der Waals surface area contributed by atoms with Crippen molar-refractivity contribution in [1.82, 2.24) is 4.90 Å². The van der Waals surface area contributed by atoms with Gasteiger partial charge in [0.05, 0.1) is 32.3 Å². The standard InChI is InChI=1S/C17H21NO4S/c1-18(12-16-4-3-9-21-16)17(19)13-23-11-10-22-15-7-5-14(20-2)6-8-15/h3-9H,10-13H2,1-2H3. The molecule has 6 heteroatoms. The molecule has 0 atom stereocenters. The number of nitrogens with zero attached hydrogens (tertiary/aromatic N) is 1. The SMILES string of the molecule is COc1ccc(OCCSCC(=O)N(C)Cc2ccco2)cc1. The molecule has 1 heterocycles. The highest BCUT2D eigenvalue weighted by Gasteiger charge is 2.10. The Kier molecular flexibility index (Phi) is 6.87. The van der Waals surface area contributed by atoms with E-state index in [-0.39, 0.29) is 5.91 Å². The number of thioether (sulfide) groups is 1. The maximum atomic E-state index is 12.0.